The highest BCUT2D eigenvalue weighted by Crippen LogP contribution is 2.30. The predicted octanol–water partition coefficient (Wildman–Crippen LogP) is 4.13. The Morgan fingerprint density at radius 2 is 1.83 bits per heavy atom. The molecule has 0 saturated carbocycles. The molecule has 7 nitrogen and oxygen atoms in total. The summed E-state index contributed by atoms with van der Waals surface area (Å²) in [5.74, 6) is 0.0822. The average Bonchev–Trinajstić information content (AvgIpc) is 3.15. The van der Waals surface area contributed by atoms with Gasteiger partial charge in [0.15, 0.2) is 17.6 Å². The molecule has 1 amide bonds. The van der Waals surface area contributed by atoms with Crippen LogP contribution in [-0.2, 0) is 27.2 Å². The number of hydrogen-bond acceptors (Lipinski definition) is 6. The minimum atomic E-state index is -0.963. The van der Waals surface area contributed by atoms with Gasteiger partial charge >= 0.3 is 5.97 Å². The minimum Gasteiger partial charge on any atom is -0.493 e. The molecule has 1 N–H and O–H groups in total. The first-order chi connectivity index (χ1) is 14.4. The molecule has 0 fully saturated rings. The molecule has 0 aliphatic carbocycles. The molecular formula is C23H25NO6. The van der Waals surface area contributed by atoms with E-state index in [4.69, 9.17) is 18.6 Å². The molecule has 7 heteroatoms. The summed E-state index contributed by atoms with van der Waals surface area (Å²) in [4.78, 5) is 24.8. The summed E-state index contributed by atoms with van der Waals surface area (Å²) in [5.41, 5.74) is 3.13. The number of ether oxygens (including phenoxy) is 3. The van der Waals surface area contributed by atoms with Crippen LogP contribution in [0.25, 0.3) is 11.0 Å². The first-order valence-electron chi connectivity index (χ1n) is 9.66. The van der Waals surface area contributed by atoms with E-state index in [1.54, 1.807) is 24.5 Å². The number of fused-ring (bicyclic) bond motifs is 1. The van der Waals surface area contributed by atoms with Crippen molar-refractivity contribution in [1.29, 1.82) is 0 Å². The highest BCUT2D eigenvalue weighted by atomic mass is 16.5. The highest BCUT2D eigenvalue weighted by Gasteiger charge is 2.20. The van der Waals surface area contributed by atoms with Gasteiger partial charge in [-0.25, -0.2) is 0 Å². The Hall–Kier alpha value is -3.48. The maximum Gasteiger partial charge on any atom is 0.311 e. The summed E-state index contributed by atoms with van der Waals surface area (Å²) < 4.78 is 21.3. The Bertz CT molecular complexity index is 1060. The van der Waals surface area contributed by atoms with Gasteiger partial charge in [-0.3, -0.25) is 9.59 Å². The van der Waals surface area contributed by atoms with E-state index >= 15 is 0 Å². The number of aryl methyl sites for hydroxylation is 1. The van der Waals surface area contributed by atoms with Gasteiger partial charge in [-0.2, -0.15) is 0 Å². The maximum absolute atomic E-state index is 12.4. The van der Waals surface area contributed by atoms with Crippen molar-refractivity contribution in [3.05, 3.63) is 53.8 Å². The zero-order valence-electron chi connectivity index (χ0n) is 17.5. The average molecular weight is 411 g/mol. The van der Waals surface area contributed by atoms with Crippen molar-refractivity contribution in [2.24, 2.45) is 0 Å². The fraction of sp³-hybridized carbons (Fsp3) is 0.304. The van der Waals surface area contributed by atoms with Crippen LogP contribution < -0.4 is 14.8 Å². The zero-order chi connectivity index (χ0) is 21.7. The number of nitrogens with one attached hydrogen (secondary N) is 1. The van der Waals surface area contributed by atoms with E-state index in [2.05, 4.69) is 12.2 Å². The van der Waals surface area contributed by atoms with E-state index in [0.717, 1.165) is 28.5 Å². The third kappa shape index (κ3) is 4.74. The molecule has 0 aliphatic rings. The van der Waals surface area contributed by atoms with Crippen LogP contribution in [0.1, 0.15) is 25.0 Å². The molecule has 0 radical (unpaired) electrons. The molecule has 30 heavy (non-hydrogen) atoms. The molecule has 0 unspecified atom stereocenters. The van der Waals surface area contributed by atoms with Gasteiger partial charge in [0.25, 0.3) is 5.91 Å². The van der Waals surface area contributed by atoms with Gasteiger partial charge in [0.05, 0.1) is 26.9 Å². The zero-order valence-corrected chi connectivity index (χ0v) is 17.5. The third-order valence-corrected chi connectivity index (χ3v) is 4.79. The second-order valence-electron chi connectivity index (χ2n) is 6.81. The lowest BCUT2D eigenvalue weighted by molar-refractivity contribution is -0.152. The number of hydrogen-bond donors (Lipinski definition) is 1. The Kier molecular flexibility index (Phi) is 6.61. The van der Waals surface area contributed by atoms with Crippen molar-refractivity contribution in [2.75, 3.05) is 19.5 Å². The lowest BCUT2D eigenvalue weighted by Crippen LogP contribution is -2.30. The Balaban J connectivity index is 1.61. The van der Waals surface area contributed by atoms with Crippen LogP contribution in [0.15, 0.2) is 47.1 Å². The summed E-state index contributed by atoms with van der Waals surface area (Å²) in [6, 6.07) is 10.9. The molecule has 3 rings (SSSR count). The predicted molar refractivity (Wildman–Crippen MR) is 113 cm³/mol. The number of carbonyl (C=O) groups is 2. The van der Waals surface area contributed by atoms with Gasteiger partial charge in [0.1, 0.15) is 5.58 Å². The first kappa shape index (κ1) is 21.2. The van der Waals surface area contributed by atoms with Crippen molar-refractivity contribution in [3.63, 3.8) is 0 Å². The van der Waals surface area contributed by atoms with Gasteiger partial charge < -0.3 is 23.9 Å². The number of carbonyl (C=O) groups excluding carboxylic acids is 2. The number of rotatable bonds is 8. The van der Waals surface area contributed by atoms with Gasteiger partial charge in [0.2, 0.25) is 0 Å². The van der Waals surface area contributed by atoms with E-state index in [9.17, 15) is 9.59 Å². The van der Waals surface area contributed by atoms with Crippen LogP contribution in [0, 0.1) is 0 Å². The number of anilines is 1. The molecule has 3 aromatic rings. The molecular weight excluding hydrogens is 386 g/mol. The van der Waals surface area contributed by atoms with Crippen molar-refractivity contribution in [2.45, 2.75) is 32.8 Å². The normalized spacial score (nSPS) is 11.7. The lowest BCUT2D eigenvalue weighted by Gasteiger charge is -2.14. The van der Waals surface area contributed by atoms with Crippen LogP contribution in [0.3, 0.4) is 0 Å². The molecule has 0 spiro atoms. The smallest absolute Gasteiger partial charge is 0.311 e. The number of amides is 1. The lowest BCUT2D eigenvalue weighted by atomic mass is 10.1. The van der Waals surface area contributed by atoms with Crippen LogP contribution in [-0.4, -0.2) is 32.2 Å². The molecule has 1 heterocycles. The number of esters is 1. The maximum atomic E-state index is 12.4. The van der Waals surface area contributed by atoms with Crippen LogP contribution in [0.5, 0.6) is 11.5 Å². The fourth-order valence-electron chi connectivity index (χ4n) is 3.09. The van der Waals surface area contributed by atoms with Crippen molar-refractivity contribution < 1.29 is 28.2 Å². The van der Waals surface area contributed by atoms with Crippen LogP contribution in [0.2, 0.25) is 0 Å². The Morgan fingerprint density at radius 1 is 1.07 bits per heavy atom. The molecule has 1 atom stereocenters. The number of benzene rings is 2. The number of methoxy groups -OCH3 is 2. The molecule has 1 aromatic heterocycles. The fourth-order valence-corrected chi connectivity index (χ4v) is 3.09. The van der Waals surface area contributed by atoms with E-state index in [-0.39, 0.29) is 6.42 Å². The van der Waals surface area contributed by atoms with E-state index in [0.29, 0.717) is 17.2 Å². The standard InChI is InChI=1S/C23H25NO6/c1-5-15-6-8-18-16(13-29-20(18)10-15)11-22(25)30-14(2)23(26)24-17-7-9-19(27-3)21(12-17)28-4/h6-10,12-14H,5,11H2,1-4H3,(H,24,26)/t14-/m1/s1. The van der Waals surface area contributed by atoms with Crippen molar-refractivity contribution >= 4 is 28.5 Å². The summed E-state index contributed by atoms with van der Waals surface area (Å²) in [5, 5.41) is 3.57. The molecule has 2 aromatic carbocycles. The van der Waals surface area contributed by atoms with Crippen molar-refractivity contribution in [1.82, 2.24) is 0 Å². The molecule has 158 valence electrons. The van der Waals surface area contributed by atoms with Gasteiger partial charge in [-0.05, 0) is 37.1 Å². The summed E-state index contributed by atoms with van der Waals surface area (Å²) in [6.07, 6.45) is 1.52. The van der Waals surface area contributed by atoms with Gasteiger partial charge in [-0.15, -0.1) is 0 Å². The topological polar surface area (TPSA) is 87.0 Å². The minimum absolute atomic E-state index is 0.0203. The third-order valence-electron chi connectivity index (χ3n) is 4.79. The van der Waals surface area contributed by atoms with Crippen LogP contribution in [0.4, 0.5) is 5.69 Å². The second kappa shape index (κ2) is 9.35. The van der Waals surface area contributed by atoms with Crippen LogP contribution >= 0.6 is 0 Å². The largest absolute Gasteiger partial charge is 0.493 e. The van der Waals surface area contributed by atoms with E-state index in [1.165, 1.54) is 21.1 Å². The highest BCUT2D eigenvalue weighted by molar-refractivity contribution is 5.95. The Morgan fingerprint density at radius 3 is 2.53 bits per heavy atom. The van der Waals surface area contributed by atoms with Gasteiger partial charge in [-0.1, -0.05) is 19.1 Å². The second-order valence-corrected chi connectivity index (χ2v) is 6.81. The summed E-state index contributed by atoms with van der Waals surface area (Å²) >= 11 is 0. The van der Waals surface area contributed by atoms with Crippen molar-refractivity contribution in [3.8, 4) is 11.5 Å². The Labute approximate surface area is 174 Å². The molecule has 0 saturated heterocycles. The summed E-state index contributed by atoms with van der Waals surface area (Å²) in [7, 11) is 3.04. The van der Waals surface area contributed by atoms with E-state index in [1.807, 2.05) is 18.2 Å². The van der Waals surface area contributed by atoms with Gasteiger partial charge in [0, 0.05) is 22.7 Å². The number of furan rings is 1. The summed E-state index contributed by atoms with van der Waals surface area (Å²) in [6.45, 7) is 3.59. The molecule has 0 aliphatic heterocycles. The monoisotopic (exact) mass is 411 g/mol. The SMILES string of the molecule is CCc1ccc2c(CC(=O)O[C@H](C)C(=O)Nc3ccc(OC)c(OC)c3)coc2c1. The first-order valence-corrected chi connectivity index (χ1v) is 9.66. The van der Waals surface area contributed by atoms with E-state index < -0.39 is 18.0 Å². The quantitative estimate of drug-likeness (QED) is 0.561. The molecule has 0 bridgehead atoms.